The van der Waals surface area contributed by atoms with Crippen LogP contribution in [0, 0.1) is 5.92 Å². The number of morpholine rings is 1. The molecule has 0 spiro atoms. The van der Waals surface area contributed by atoms with Crippen molar-refractivity contribution in [3.63, 3.8) is 0 Å². The third-order valence-corrected chi connectivity index (χ3v) is 4.52. The molecule has 7 nitrogen and oxygen atoms in total. The number of piperidine rings is 1. The SMILES string of the molecule is CCCc1noc(CN2CCCC(C(=O)N3CCOCC3)C2)n1. The van der Waals surface area contributed by atoms with Gasteiger partial charge in [-0.15, -0.1) is 0 Å². The van der Waals surface area contributed by atoms with Crippen LogP contribution in [0.1, 0.15) is 37.9 Å². The predicted octanol–water partition coefficient (Wildman–Crippen LogP) is 1.09. The zero-order chi connectivity index (χ0) is 16.1. The Morgan fingerprint density at radius 3 is 2.91 bits per heavy atom. The molecule has 1 aromatic rings. The molecule has 128 valence electrons. The van der Waals surface area contributed by atoms with Crippen LogP contribution < -0.4 is 0 Å². The Balaban J connectivity index is 1.53. The number of aromatic nitrogens is 2. The minimum absolute atomic E-state index is 0.0832. The molecule has 2 aliphatic heterocycles. The minimum Gasteiger partial charge on any atom is -0.378 e. The summed E-state index contributed by atoms with van der Waals surface area (Å²) in [5.74, 6) is 1.79. The molecule has 1 unspecified atom stereocenters. The molecule has 3 heterocycles. The summed E-state index contributed by atoms with van der Waals surface area (Å²) in [6.07, 6.45) is 3.87. The first kappa shape index (κ1) is 16.4. The maximum atomic E-state index is 12.6. The second kappa shape index (κ2) is 7.88. The van der Waals surface area contributed by atoms with E-state index in [9.17, 15) is 4.79 Å². The number of ether oxygens (including phenoxy) is 1. The van der Waals surface area contributed by atoms with Crippen molar-refractivity contribution >= 4 is 5.91 Å². The van der Waals surface area contributed by atoms with Crippen molar-refractivity contribution in [3.05, 3.63) is 11.7 Å². The molecule has 7 heteroatoms. The van der Waals surface area contributed by atoms with Gasteiger partial charge in [-0.1, -0.05) is 12.1 Å². The van der Waals surface area contributed by atoms with Crippen molar-refractivity contribution in [2.24, 2.45) is 5.92 Å². The molecular formula is C16H26N4O3. The van der Waals surface area contributed by atoms with Crippen LogP contribution in [0.3, 0.4) is 0 Å². The summed E-state index contributed by atoms with van der Waals surface area (Å²) in [5, 5.41) is 4.00. The molecule has 2 saturated heterocycles. The molecule has 0 N–H and O–H groups in total. The van der Waals surface area contributed by atoms with E-state index in [1.165, 1.54) is 0 Å². The van der Waals surface area contributed by atoms with Gasteiger partial charge in [0, 0.05) is 26.1 Å². The Labute approximate surface area is 137 Å². The zero-order valence-electron chi connectivity index (χ0n) is 13.9. The maximum absolute atomic E-state index is 12.6. The lowest BCUT2D eigenvalue weighted by Crippen LogP contribution is -2.48. The summed E-state index contributed by atoms with van der Waals surface area (Å²) < 4.78 is 10.6. The summed E-state index contributed by atoms with van der Waals surface area (Å²) >= 11 is 0. The van der Waals surface area contributed by atoms with Crippen molar-refractivity contribution in [3.8, 4) is 0 Å². The smallest absolute Gasteiger partial charge is 0.240 e. The molecule has 0 bridgehead atoms. The van der Waals surface area contributed by atoms with E-state index in [0.29, 0.717) is 25.6 Å². The van der Waals surface area contributed by atoms with E-state index >= 15 is 0 Å². The molecule has 1 atom stereocenters. The molecule has 2 aliphatic rings. The van der Waals surface area contributed by atoms with E-state index in [4.69, 9.17) is 9.26 Å². The van der Waals surface area contributed by atoms with Gasteiger partial charge in [0.25, 0.3) is 0 Å². The molecule has 2 fully saturated rings. The van der Waals surface area contributed by atoms with Crippen LogP contribution in [0.2, 0.25) is 0 Å². The van der Waals surface area contributed by atoms with Gasteiger partial charge in [-0.2, -0.15) is 4.98 Å². The van der Waals surface area contributed by atoms with E-state index in [-0.39, 0.29) is 11.8 Å². The lowest BCUT2D eigenvalue weighted by atomic mass is 9.96. The molecule has 0 saturated carbocycles. The second-order valence-electron chi connectivity index (χ2n) is 6.37. The van der Waals surface area contributed by atoms with Crippen LogP contribution in [-0.2, 0) is 22.5 Å². The summed E-state index contributed by atoms with van der Waals surface area (Å²) in [7, 11) is 0. The molecule has 0 aromatic carbocycles. The Bertz CT molecular complexity index is 513. The lowest BCUT2D eigenvalue weighted by Gasteiger charge is -2.35. The van der Waals surface area contributed by atoms with Gasteiger partial charge in [0.15, 0.2) is 5.82 Å². The van der Waals surface area contributed by atoms with E-state index < -0.39 is 0 Å². The highest BCUT2D eigenvalue weighted by Crippen LogP contribution is 2.21. The normalized spacial score (nSPS) is 23.2. The number of nitrogens with zero attached hydrogens (tertiary/aromatic N) is 4. The third kappa shape index (κ3) is 4.29. The summed E-state index contributed by atoms with van der Waals surface area (Å²) in [4.78, 5) is 21.3. The molecule has 1 amide bonds. The number of amides is 1. The van der Waals surface area contributed by atoms with Crippen molar-refractivity contribution in [1.29, 1.82) is 0 Å². The Hall–Kier alpha value is -1.47. The molecule has 0 aliphatic carbocycles. The molecule has 0 radical (unpaired) electrons. The van der Waals surface area contributed by atoms with Gasteiger partial charge in [-0.05, 0) is 25.8 Å². The first-order chi connectivity index (χ1) is 11.3. The van der Waals surface area contributed by atoms with Gasteiger partial charge in [0.2, 0.25) is 11.8 Å². The average molecular weight is 322 g/mol. The van der Waals surface area contributed by atoms with Crippen LogP contribution in [0.4, 0.5) is 0 Å². The van der Waals surface area contributed by atoms with E-state index in [0.717, 1.165) is 57.7 Å². The number of rotatable bonds is 5. The minimum atomic E-state index is 0.0832. The Morgan fingerprint density at radius 2 is 2.13 bits per heavy atom. The number of hydrogen-bond acceptors (Lipinski definition) is 6. The van der Waals surface area contributed by atoms with Gasteiger partial charge < -0.3 is 14.2 Å². The van der Waals surface area contributed by atoms with Crippen LogP contribution >= 0.6 is 0 Å². The van der Waals surface area contributed by atoms with Gasteiger partial charge in [0.05, 0.1) is 25.7 Å². The monoisotopic (exact) mass is 322 g/mol. The number of carbonyl (C=O) groups is 1. The maximum Gasteiger partial charge on any atom is 0.240 e. The van der Waals surface area contributed by atoms with Gasteiger partial charge in [0.1, 0.15) is 0 Å². The molecule has 3 rings (SSSR count). The van der Waals surface area contributed by atoms with Gasteiger partial charge in [-0.3, -0.25) is 9.69 Å². The average Bonchev–Trinajstić information content (AvgIpc) is 3.03. The topological polar surface area (TPSA) is 71.7 Å². The van der Waals surface area contributed by atoms with Crippen molar-refractivity contribution in [2.75, 3.05) is 39.4 Å². The van der Waals surface area contributed by atoms with Crippen molar-refractivity contribution < 1.29 is 14.1 Å². The lowest BCUT2D eigenvalue weighted by molar-refractivity contribution is -0.141. The van der Waals surface area contributed by atoms with E-state index in [2.05, 4.69) is 22.0 Å². The largest absolute Gasteiger partial charge is 0.378 e. The second-order valence-corrected chi connectivity index (χ2v) is 6.37. The third-order valence-electron chi connectivity index (χ3n) is 4.52. The summed E-state index contributed by atoms with van der Waals surface area (Å²) in [5.41, 5.74) is 0. The van der Waals surface area contributed by atoms with Gasteiger partial charge >= 0.3 is 0 Å². The summed E-state index contributed by atoms with van der Waals surface area (Å²) in [6.45, 7) is 7.26. The van der Waals surface area contributed by atoms with E-state index in [1.54, 1.807) is 0 Å². The first-order valence-electron chi connectivity index (χ1n) is 8.66. The van der Waals surface area contributed by atoms with E-state index in [1.807, 2.05) is 4.90 Å². The predicted molar refractivity (Wildman–Crippen MR) is 83.7 cm³/mol. The van der Waals surface area contributed by atoms with Crippen LogP contribution in [0.25, 0.3) is 0 Å². The fourth-order valence-electron chi connectivity index (χ4n) is 3.31. The Morgan fingerprint density at radius 1 is 1.30 bits per heavy atom. The molecule has 23 heavy (non-hydrogen) atoms. The number of likely N-dealkylation sites (tertiary alicyclic amines) is 1. The number of hydrogen-bond donors (Lipinski definition) is 0. The fraction of sp³-hybridized carbons (Fsp3) is 0.812. The Kier molecular flexibility index (Phi) is 5.61. The highest BCUT2D eigenvalue weighted by atomic mass is 16.5. The standard InChI is InChI=1S/C16H26N4O3/c1-2-4-14-17-15(23-18-14)12-19-6-3-5-13(11-19)16(21)20-7-9-22-10-8-20/h13H,2-12H2,1H3. The number of carbonyl (C=O) groups excluding carboxylic acids is 1. The van der Waals surface area contributed by atoms with Gasteiger partial charge in [-0.25, -0.2) is 0 Å². The first-order valence-corrected chi connectivity index (χ1v) is 8.66. The fourth-order valence-corrected chi connectivity index (χ4v) is 3.31. The summed E-state index contributed by atoms with van der Waals surface area (Å²) in [6, 6.07) is 0. The van der Waals surface area contributed by atoms with Crippen LogP contribution in [-0.4, -0.2) is 65.2 Å². The number of aryl methyl sites for hydroxylation is 1. The van der Waals surface area contributed by atoms with Crippen LogP contribution in [0.5, 0.6) is 0 Å². The van der Waals surface area contributed by atoms with Crippen molar-refractivity contribution in [2.45, 2.75) is 39.2 Å². The highest BCUT2D eigenvalue weighted by molar-refractivity contribution is 5.79. The van der Waals surface area contributed by atoms with Crippen LogP contribution in [0.15, 0.2) is 4.52 Å². The molecule has 1 aromatic heterocycles. The molecular weight excluding hydrogens is 296 g/mol. The van der Waals surface area contributed by atoms with Crippen molar-refractivity contribution in [1.82, 2.24) is 19.9 Å². The zero-order valence-corrected chi connectivity index (χ0v) is 13.9. The highest BCUT2D eigenvalue weighted by Gasteiger charge is 2.30. The quantitative estimate of drug-likeness (QED) is 0.808.